The number of hydrogen-bond acceptors (Lipinski definition) is 4. The molecule has 0 aliphatic carbocycles. The Kier molecular flexibility index (Phi) is 6.54. The molecule has 38 heavy (non-hydrogen) atoms. The molecule has 2 atom stereocenters. The standard InChI is InChI=1S/C30H26N6OS/c37-27(33-23-13-7-10-21-9-1-2-11-22(21)23)16-20-36-29(28(34-30(36)38)24-12-3-5-17-31-24)25-14-8-19-35(25)26-15-4-6-18-32-26/h1-15,17-19,28-29H,16,20H2,(H,33,37)(H,34,38)/t28-,29+/m1/s1. The first-order chi connectivity index (χ1) is 18.7. The van der Waals surface area contributed by atoms with Gasteiger partial charge in [0.25, 0.3) is 0 Å². The number of anilines is 1. The molecule has 0 radical (unpaired) electrons. The Bertz CT molecular complexity index is 1580. The van der Waals surface area contributed by atoms with Gasteiger partial charge in [0.1, 0.15) is 5.82 Å². The Morgan fingerprint density at radius 1 is 0.895 bits per heavy atom. The number of benzene rings is 2. The summed E-state index contributed by atoms with van der Waals surface area (Å²) in [6.45, 7) is 0.448. The average Bonchev–Trinajstić information content (AvgIpc) is 3.57. The number of fused-ring (bicyclic) bond motifs is 1. The lowest BCUT2D eigenvalue weighted by Crippen LogP contribution is -2.33. The molecule has 0 unspecified atom stereocenters. The molecule has 2 aromatic carbocycles. The Morgan fingerprint density at radius 3 is 2.50 bits per heavy atom. The van der Waals surface area contributed by atoms with Gasteiger partial charge in [-0.2, -0.15) is 0 Å². The summed E-state index contributed by atoms with van der Waals surface area (Å²) in [5.41, 5.74) is 2.71. The topological polar surface area (TPSA) is 75.1 Å². The third kappa shape index (κ3) is 4.62. The van der Waals surface area contributed by atoms with Gasteiger partial charge in [0.2, 0.25) is 5.91 Å². The van der Waals surface area contributed by atoms with Crippen LogP contribution in [-0.2, 0) is 4.79 Å². The van der Waals surface area contributed by atoms with Crippen molar-refractivity contribution in [3.8, 4) is 5.82 Å². The highest BCUT2D eigenvalue weighted by Crippen LogP contribution is 2.39. The molecule has 1 aliphatic rings. The van der Waals surface area contributed by atoms with E-state index in [0.717, 1.165) is 33.7 Å². The molecule has 5 aromatic rings. The molecular weight excluding hydrogens is 492 g/mol. The van der Waals surface area contributed by atoms with E-state index >= 15 is 0 Å². The van der Waals surface area contributed by atoms with Crippen molar-refractivity contribution < 1.29 is 4.79 Å². The van der Waals surface area contributed by atoms with Crippen LogP contribution in [0.1, 0.15) is 29.9 Å². The maximum atomic E-state index is 13.1. The van der Waals surface area contributed by atoms with Crippen LogP contribution in [0.2, 0.25) is 0 Å². The maximum Gasteiger partial charge on any atom is 0.226 e. The second kappa shape index (κ2) is 10.4. The molecule has 1 saturated heterocycles. The lowest BCUT2D eigenvalue weighted by Gasteiger charge is -2.28. The smallest absolute Gasteiger partial charge is 0.226 e. The zero-order valence-corrected chi connectivity index (χ0v) is 21.4. The van der Waals surface area contributed by atoms with Crippen LogP contribution >= 0.6 is 12.2 Å². The van der Waals surface area contributed by atoms with Gasteiger partial charge < -0.3 is 20.1 Å². The SMILES string of the molecule is O=C(CCN1C(=S)N[C@H](c2ccccn2)[C@@H]1c1cccn1-c1ccccn1)Nc1cccc2ccccc12. The van der Waals surface area contributed by atoms with Crippen LogP contribution in [0.25, 0.3) is 16.6 Å². The summed E-state index contributed by atoms with van der Waals surface area (Å²) in [6.07, 6.45) is 5.85. The Balaban J connectivity index is 1.28. The van der Waals surface area contributed by atoms with Gasteiger partial charge in [-0.1, -0.05) is 48.5 Å². The third-order valence-electron chi connectivity index (χ3n) is 6.82. The number of nitrogens with zero attached hydrogens (tertiary/aromatic N) is 4. The largest absolute Gasteiger partial charge is 0.352 e. The van der Waals surface area contributed by atoms with Crippen LogP contribution in [0.15, 0.2) is 110 Å². The van der Waals surface area contributed by atoms with Crippen LogP contribution in [0.5, 0.6) is 0 Å². The Hall–Kier alpha value is -4.56. The van der Waals surface area contributed by atoms with Gasteiger partial charge >= 0.3 is 0 Å². The number of thiocarbonyl (C=S) groups is 1. The molecule has 2 N–H and O–H groups in total. The molecule has 0 spiro atoms. The minimum absolute atomic E-state index is 0.0655. The van der Waals surface area contributed by atoms with E-state index in [4.69, 9.17) is 12.2 Å². The van der Waals surface area contributed by atoms with Crippen molar-refractivity contribution in [3.63, 3.8) is 0 Å². The van der Waals surface area contributed by atoms with Gasteiger partial charge in [-0.3, -0.25) is 9.78 Å². The van der Waals surface area contributed by atoms with E-state index < -0.39 is 0 Å². The highest BCUT2D eigenvalue weighted by Gasteiger charge is 2.41. The number of amides is 1. The van der Waals surface area contributed by atoms with Gasteiger partial charge in [0.05, 0.1) is 17.8 Å². The number of rotatable bonds is 7. The van der Waals surface area contributed by atoms with E-state index in [0.29, 0.717) is 11.7 Å². The number of nitrogens with one attached hydrogen (secondary N) is 2. The normalized spacial score (nSPS) is 16.9. The molecule has 188 valence electrons. The van der Waals surface area contributed by atoms with Crippen molar-refractivity contribution in [2.45, 2.75) is 18.5 Å². The van der Waals surface area contributed by atoms with Gasteiger partial charge in [-0.15, -0.1) is 0 Å². The van der Waals surface area contributed by atoms with E-state index in [9.17, 15) is 4.79 Å². The van der Waals surface area contributed by atoms with Crippen molar-refractivity contribution in [3.05, 3.63) is 121 Å². The van der Waals surface area contributed by atoms with Crippen LogP contribution in [0.4, 0.5) is 5.69 Å². The number of pyridine rings is 2. The second-order valence-corrected chi connectivity index (χ2v) is 9.52. The predicted molar refractivity (Wildman–Crippen MR) is 153 cm³/mol. The summed E-state index contributed by atoms with van der Waals surface area (Å²) in [6, 6.07) is 29.4. The monoisotopic (exact) mass is 518 g/mol. The number of carbonyl (C=O) groups is 1. The minimum atomic E-state index is -0.181. The summed E-state index contributed by atoms with van der Waals surface area (Å²) < 4.78 is 2.07. The predicted octanol–water partition coefficient (Wildman–Crippen LogP) is 5.42. The minimum Gasteiger partial charge on any atom is -0.352 e. The number of aromatic nitrogens is 3. The average molecular weight is 519 g/mol. The van der Waals surface area contributed by atoms with Gasteiger partial charge in [-0.25, -0.2) is 4.98 Å². The van der Waals surface area contributed by atoms with Gasteiger partial charge in [-0.05, 0) is 60.1 Å². The molecule has 8 heteroatoms. The van der Waals surface area contributed by atoms with E-state index in [1.807, 2.05) is 91.1 Å². The number of carbonyl (C=O) groups excluding carboxylic acids is 1. The fraction of sp³-hybridized carbons (Fsp3) is 0.133. The van der Waals surface area contributed by atoms with Crippen LogP contribution < -0.4 is 10.6 Å². The molecule has 1 amide bonds. The molecular formula is C30H26N6OS. The Labute approximate surface area is 226 Å². The van der Waals surface area contributed by atoms with Crippen molar-refractivity contribution in [1.82, 2.24) is 24.8 Å². The zero-order valence-electron chi connectivity index (χ0n) is 20.6. The van der Waals surface area contributed by atoms with Gasteiger partial charge in [0, 0.05) is 48.3 Å². The van der Waals surface area contributed by atoms with E-state index in [2.05, 4.69) is 36.1 Å². The molecule has 6 rings (SSSR count). The van der Waals surface area contributed by atoms with Crippen LogP contribution in [0, 0.1) is 0 Å². The summed E-state index contributed by atoms with van der Waals surface area (Å²) in [4.78, 5) is 24.4. The maximum absolute atomic E-state index is 13.1. The molecule has 1 aliphatic heterocycles. The van der Waals surface area contributed by atoms with Crippen LogP contribution in [0.3, 0.4) is 0 Å². The second-order valence-electron chi connectivity index (χ2n) is 9.14. The lowest BCUT2D eigenvalue weighted by atomic mass is 10.0. The fourth-order valence-corrected chi connectivity index (χ4v) is 5.41. The Morgan fingerprint density at radius 2 is 1.68 bits per heavy atom. The first-order valence-corrected chi connectivity index (χ1v) is 12.9. The van der Waals surface area contributed by atoms with E-state index in [-0.39, 0.29) is 24.4 Å². The first-order valence-electron chi connectivity index (χ1n) is 12.5. The van der Waals surface area contributed by atoms with E-state index in [1.54, 1.807) is 12.4 Å². The quantitative estimate of drug-likeness (QED) is 0.280. The molecule has 4 heterocycles. The summed E-state index contributed by atoms with van der Waals surface area (Å²) >= 11 is 5.80. The van der Waals surface area contributed by atoms with Crippen molar-refractivity contribution in [1.29, 1.82) is 0 Å². The van der Waals surface area contributed by atoms with Crippen molar-refractivity contribution in [2.24, 2.45) is 0 Å². The van der Waals surface area contributed by atoms with Crippen molar-refractivity contribution in [2.75, 3.05) is 11.9 Å². The lowest BCUT2D eigenvalue weighted by molar-refractivity contribution is -0.116. The summed E-state index contributed by atoms with van der Waals surface area (Å²) in [5, 5.41) is 9.26. The summed E-state index contributed by atoms with van der Waals surface area (Å²) in [7, 11) is 0. The summed E-state index contributed by atoms with van der Waals surface area (Å²) in [5.74, 6) is 0.753. The van der Waals surface area contributed by atoms with Crippen LogP contribution in [-0.4, -0.2) is 37.0 Å². The molecule has 3 aromatic heterocycles. The zero-order chi connectivity index (χ0) is 25.9. The molecule has 0 bridgehead atoms. The third-order valence-corrected chi connectivity index (χ3v) is 7.17. The highest BCUT2D eigenvalue weighted by molar-refractivity contribution is 7.80. The fourth-order valence-electron chi connectivity index (χ4n) is 5.08. The molecule has 7 nitrogen and oxygen atoms in total. The number of hydrogen-bond donors (Lipinski definition) is 2. The highest BCUT2D eigenvalue weighted by atomic mass is 32.1. The van der Waals surface area contributed by atoms with Gasteiger partial charge in [0.15, 0.2) is 5.11 Å². The molecule has 1 fully saturated rings. The molecule has 0 saturated carbocycles. The van der Waals surface area contributed by atoms with Crippen molar-refractivity contribution >= 4 is 39.7 Å². The van der Waals surface area contributed by atoms with E-state index in [1.165, 1.54) is 0 Å². The first kappa shape index (κ1) is 23.8.